The lowest BCUT2D eigenvalue weighted by atomic mass is 10.1. The number of hydrogen-bond donors (Lipinski definition) is 0. The van der Waals surface area contributed by atoms with E-state index in [0.717, 1.165) is 5.69 Å². The summed E-state index contributed by atoms with van der Waals surface area (Å²) in [5.41, 5.74) is 1.48. The van der Waals surface area contributed by atoms with Gasteiger partial charge in [-0.3, -0.25) is 10.1 Å². The Balaban J connectivity index is 2.21. The van der Waals surface area contributed by atoms with Crippen LogP contribution in [0.4, 0.5) is 5.69 Å². The zero-order chi connectivity index (χ0) is 14.1. The first-order valence-electron chi connectivity index (χ1n) is 6.14. The summed E-state index contributed by atoms with van der Waals surface area (Å²) >= 11 is 0. The van der Waals surface area contributed by atoms with Crippen LogP contribution in [0, 0.1) is 10.1 Å². The number of nitrogens with zero attached hydrogens (tertiary/aromatic N) is 5. The van der Waals surface area contributed by atoms with Crippen LogP contribution in [0.1, 0.15) is 12.7 Å². The van der Waals surface area contributed by atoms with Gasteiger partial charge in [-0.1, -0.05) is 19.1 Å². The van der Waals surface area contributed by atoms with E-state index in [9.17, 15) is 10.1 Å². The average molecular weight is 269 g/mol. The predicted molar refractivity (Wildman–Crippen MR) is 72.3 cm³/mol. The lowest BCUT2D eigenvalue weighted by molar-refractivity contribution is -0.384. The molecule has 7 heteroatoms. The largest absolute Gasteiger partial charge is 0.270 e. The van der Waals surface area contributed by atoms with E-state index in [0.29, 0.717) is 23.6 Å². The van der Waals surface area contributed by atoms with Crippen molar-refractivity contribution in [3.8, 4) is 11.3 Å². The van der Waals surface area contributed by atoms with E-state index in [1.807, 2.05) is 6.92 Å². The molecule has 0 aliphatic heterocycles. The van der Waals surface area contributed by atoms with Gasteiger partial charge < -0.3 is 0 Å². The number of benzene rings is 1. The first-order chi connectivity index (χ1) is 9.69. The SMILES string of the molecule is CCc1nc2nccc(-c3cccc([N+](=O)[O-])c3)n2n1. The zero-order valence-corrected chi connectivity index (χ0v) is 10.7. The molecule has 0 fully saturated rings. The molecule has 0 amide bonds. The van der Waals surface area contributed by atoms with Crippen LogP contribution in [-0.2, 0) is 6.42 Å². The predicted octanol–water partition coefficient (Wildman–Crippen LogP) is 2.26. The van der Waals surface area contributed by atoms with Crippen molar-refractivity contribution in [2.75, 3.05) is 0 Å². The summed E-state index contributed by atoms with van der Waals surface area (Å²) in [6, 6.07) is 8.19. The molecular weight excluding hydrogens is 258 g/mol. The fourth-order valence-corrected chi connectivity index (χ4v) is 1.98. The molecule has 2 heterocycles. The minimum absolute atomic E-state index is 0.0447. The number of nitro benzene ring substituents is 1. The van der Waals surface area contributed by atoms with Crippen molar-refractivity contribution in [1.29, 1.82) is 0 Å². The summed E-state index contributed by atoms with van der Waals surface area (Å²) in [5, 5.41) is 15.2. The van der Waals surface area contributed by atoms with Crippen molar-refractivity contribution in [3.05, 3.63) is 52.5 Å². The monoisotopic (exact) mass is 269 g/mol. The van der Waals surface area contributed by atoms with Crippen molar-refractivity contribution >= 4 is 11.5 Å². The Morgan fingerprint density at radius 3 is 2.95 bits per heavy atom. The summed E-state index contributed by atoms with van der Waals surface area (Å²) in [6.07, 6.45) is 2.33. The fourth-order valence-electron chi connectivity index (χ4n) is 1.98. The van der Waals surface area contributed by atoms with Crippen LogP contribution in [-0.4, -0.2) is 24.5 Å². The maximum Gasteiger partial charge on any atom is 0.270 e. The molecule has 0 radical (unpaired) electrons. The molecule has 0 N–H and O–H groups in total. The Labute approximate surface area is 114 Å². The number of fused-ring (bicyclic) bond motifs is 1. The van der Waals surface area contributed by atoms with Crippen LogP contribution in [0.3, 0.4) is 0 Å². The topological polar surface area (TPSA) is 86.2 Å². The molecular formula is C13H11N5O2. The Hall–Kier alpha value is -2.83. The van der Waals surface area contributed by atoms with Gasteiger partial charge in [-0.2, -0.15) is 9.50 Å². The highest BCUT2D eigenvalue weighted by atomic mass is 16.6. The molecule has 0 saturated carbocycles. The van der Waals surface area contributed by atoms with Gasteiger partial charge in [0.05, 0.1) is 10.6 Å². The van der Waals surface area contributed by atoms with E-state index in [4.69, 9.17) is 0 Å². The maximum absolute atomic E-state index is 10.9. The standard InChI is InChI=1S/C13H11N5O2/c1-2-12-15-13-14-7-6-11(17(13)16-12)9-4-3-5-10(8-9)18(19)20/h3-8H,2H2,1H3. The third kappa shape index (κ3) is 1.99. The minimum atomic E-state index is -0.416. The summed E-state index contributed by atoms with van der Waals surface area (Å²) in [4.78, 5) is 18.9. The summed E-state index contributed by atoms with van der Waals surface area (Å²) in [5.74, 6) is 1.18. The Kier molecular flexibility index (Phi) is 2.86. The number of aryl methyl sites for hydroxylation is 1. The molecule has 20 heavy (non-hydrogen) atoms. The lowest BCUT2D eigenvalue weighted by Gasteiger charge is -2.03. The van der Waals surface area contributed by atoms with Crippen LogP contribution in [0.2, 0.25) is 0 Å². The summed E-state index contributed by atoms with van der Waals surface area (Å²) in [6.45, 7) is 1.96. The van der Waals surface area contributed by atoms with Gasteiger partial charge in [0.2, 0.25) is 0 Å². The van der Waals surface area contributed by atoms with Gasteiger partial charge in [0.25, 0.3) is 11.5 Å². The third-order valence-corrected chi connectivity index (χ3v) is 2.95. The highest BCUT2D eigenvalue weighted by Crippen LogP contribution is 2.23. The minimum Gasteiger partial charge on any atom is -0.258 e. The second-order valence-corrected chi connectivity index (χ2v) is 4.23. The first kappa shape index (κ1) is 12.2. The molecule has 100 valence electrons. The van der Waals surface area contributed by atoms with Gasteiger partial charge in [-0.05, 0) is 6.07 Å². The number of rotatable bonds is 3. The number of hydrogen-bond acceptors (Lipinski definition) is 5. The van der Waals surface area contributed by atoms with Gasteiger partial charge in [-0.25, -0.2) is 4.98 Å². The summed E-state index contributed by atoms with van der Waals surface area (Å²) < 4.78 is 1.61. The van der Waals surface area contributed by atoms with Crippen molar-refractivity contribution in [2.45, 2.75) is 13.3 Å². The van der Waals surface area contributed by atoms with Crippen molar-refractivity contribution in [2.24, 2.45) is 0 Å². The van der Waals surface area contributed by atoms with Crippen molar-refractivity contribution in [1.82, 2.24) is 19.6 Å². The average Bonchev–Trinajstić information content (AvgIpc) is 2.90. The molecule has 3 rings (SSSR count). The molecule has 2 aromatic heterocycles. The quantitative estimate of drug-likeness (QED) is 0.537. The Morgan fingerprint density at radius 1 is 1.35 bits per heavy atom. The molecule has 0 spiro atoms. The van der Waals surface area contributed by atoms with Crippen molar-refractivity contribution < 1.29 is 4.92 Å². The first-order valence-corrected chi connectivity index (χ1v) is 6.14. The van der Waals surface area contributed by atoms with E-state index in [1.54, 1.807) is 28.9 Å². The molecule has 0 aliphatic rings. The molecule has 0 atom stereocenters. The van der Waals surface area contributed by atoms with Gasteiger partial charge in [-0.15, -0.1) is 5.10 Å². The van der Waals surface area contributed by atoms with E-state index >= 15 is 0 Å². The van der Waals surface area contributed by atoms with Crippen LogP contribution < -0.4 is 0 Å². The molecule has 3 aromatic rings. The number of aromatic nitrogens is 4. The van der Waals surface area contributed by atoms with Crippen LogP contribution >= 0.6 is 0 Å². The van der Waals surface area contributed by atoms with E-state index in [-0.39, 0.29) is 5.69 Å². The second-order valence-electron chi connectivity index (χ2n) is 4.23. The van der Waals surface area contributed by atoms with Crippen LogP contribution in [0.25, 0.3) is 17.0 Å². The number of non-ortho nitro benzene ring substituents is 1. The summed E-state index contributed by atoms with van der Waals surface area (Å²) in [7, 11) is 0. The Morgan fingerprint density at radius 2 is 2.20 bits per heavy atom. The highest BCUT2D eigenvalue weighted by molar-refractivity contribution is 5.64. The molecule has 0 aliphatic carbocycles. The molecule has 0 saturated heterocycles. The van der Waals surface area contributed by atoms with Crippen LogP contribution in [0.15, 0.2) is 36.5 Å². The molecule has 7 nitrogen and oxygen atoms in total. The van der Waals surface area contributed by atoms with E-state index in [2.05, 4.69) is 15.1 Å². The van der Waals surface area contributed by atoms with Crippen LogP contribution in [0.5, 0.6) is 0 Å². The smallest absolute Gasteiger partial charge is 0.258 e. The third-order valence-electron chi connectivity index (χ3n) is 2.95. The molecule has 1 aromatic carbocycles. The van der Waals surface area contributed by atoms with Crippen molar-refractivity contribution in [3.63, 3.8) is 0 Å². The number of nitro groups is 1. The zero-order valence-electron chi connectivity index (χ0n) is 10.7. The van der Waals surface area contributed by atoms with E-state index in [1.165, 1.54) is 12.1 Å². The van der Waals surface area contributed by atoms with E-state index < -0.39 is 4.92 Å². The Bertz CT molecular complexity index is 796. The maximum atomic E-state index is 10.9. The second kappa shape index (κ2) is 4.69. The normalized spacial score (nSPS) is 10.8. The van der Waals surface area contributed by atoms with Gasteiger partial charge in [0.15, 0.2) is 5.82 Å². The molecule has 0 unspecified atom stereocenters. The fraction of sp³-hybridized carbons (Fsp3) is 0.154. The lowest BCUT2D eigenvalue weighted by Crippen LogP contribution is -1.97. The highest BCUT2D eigenvalue weighted by Gasteiger charge is 2.12. The van der Waals surface area contributed by atoms with Gasteiger partial charge in [0.1, 0.15) is 0 Å². The van der Waals surface area contributed by atoms with Gasteiger partial charge in [0, 0.05) is 30.3 Å². The molecule has 0 bridgehead atoms. The van der Waals surface area contributed by atoms with Gasteiger partial charge >= 0.3 is 0 Å².